The molecule has 90 valence electrons. The van der Waals surface area contributed by atoms with Crippen LogP contribution in [0.3, 0.4) is 0 Å². The summed E-state index contributed by atoms with van der Waals surface area (Å²) in [6, 6.07) is 17.2. The van der Waals surface area contributed by atoms with Crippen molar-refractivity contribution in [2.75, 3.05) is 0 Å². The molecule has 0 spiro atoms. The van der Waals surface area contributed by atoms with Crippen LogP contribution in [0.4, 0.5) is 0 Å². The second kappa shape index (κ2) is 4.30. The molecule has 0 saturated carbocycles. The fourth-order valence-electron chi connectivity index (χ4n) is 2.41. The Morgan fingerprint density at radius 2 is 1.67 bits per heavy atom. The molecule has 0 aromatic heterocycles. The van der Waals surface area contributed by atoms with Crippen LogP contribution < -0.4 is 4.74 Å². The normalized spacial score (nSPS) is 21.2. The standard InChI is InChI=1S/C16H14O2/c1-11-13-9-5-6-10-14(13)18-16(11)15(17)12-7-3-2-4-8-12/h2-11,16H,1H3. The predicted octanol–water partition coefficient (Wildman–Crippen LogP) is 3.43. The molecule has 2 aromatic carbocycles. The highest BCUT2D eigenvalue weighted by Gasteiger charge is 2.36. The average molecular weight is 238 g/mol. The zero-order valence-electron chi connectivity index (χ0n) is 10.2. The lowest BCUT2D eigenvalue weighted by Crippen LogP contribution is -2.27. The Hall–Kier alpha value is -2.09. The molecule has 0 radical (unpaired) electrons. The first-order valence-electron chi connectivity index (χ1n) is 6.12. The first-order chi connectivity index (χ1) is 8.77. The summed E-state index contributed by atoms with van der Waals surface area (Å²) >= 11 is 0. The van der Waals surface area contributed by atoms with Crippen molar-refractivity contribution >= 4 is 5.78 Å². The Bertz CT molecular complexity index is 575. The fourth-order valence-corrected chi connectivity index (χ4v) is 2.41. The van der Waals surface area contributed by atoms with Gasteiger partial charge in [0.25, 0.3) is 0 Å². The van der Waals surface area contributed by atoms with Crippen LogP contribution in [0.25, 0.3) is 0 Å². The van der Waals surface area contributed by atoms with Crippen LogP contribution >= 0.6 is 0 Å². The van der Waals surface area contributed by atoms with E-state index in [2.05, 4.69) is 0 Å². The summed E-state index contributed by atoms with van der Waals surface area (Å²) in [5.41, 5.74) is 1.83. The zero-order chi connectivity index (χ0) is 12.5. The van der Waals surface area contributed by atoms with Gasteiger partial charge in [0.15, 0.2) is 6.10 Å². The summed E-state index contributed by atoms with van der Waals surface area (Å²) in [7, 11) is 0. The Balaban J connectivity index is 1.91. The van der Waals surface area contributed by atoms with Gasteiger partial charge in [-0.3, -0.25) is 4.79 Å². The third kappa shape index (κ3) is 1.70. The number of para-hydroxylation sites is 1. The van der Waals surface area contributed by atoms with Crippen LogP contribution in [0.2, 0.25) is 0 Å². The van der Waals surface area contributed by atoms with Crippen LogP contribution in [0.5, 0.6) is 5.75 Å². The summed E-state index contributed by atoms with van der Waals surface area (Å²) in [5.74, 6) is 0.993. The van der Waals surface area contributed by atoms with Crippen molar-refractivity contribution in [2.45, 2.75) is 18.9 Å². The number of fused-ring (bicyclic) bond motifs is 1. The van der Waals surface area contributed by atoms with Crippen molar-refractivity contribution in [2.24, 2.45) is 0 Å². The van der Waals surface area contributed by atoms with Gasteiger partial charge in [0.05, 0.1) is 0 Å². The molecule has 2 unspecified atom stereocenters. The predicted molar refractivity (Wildman–Crippen MR) is 70.0 cm³/mol. The molecule has 2 aromatic rings. The number of benzene rings is 2. The lowest BCUT2D eigenvalue weighted by Gasteiger charge is -2.14. The van der Waals surface area contributed by atoms with Gasteiger partial charge in [-0.05, 0) is 6.07 Å². The third-order valence-corrected chi connectivity index (χ3v) is 3.43. The maximum absolute atomic E-state index is 12.4. The summed E-state index contributed by atoms with van der Waals surface area (Å²) < 4.78 is 5.79. The first-order valence-corrected chi connectivity index (χ1v) is 6.12. The SMILES string of the molecule is CC1c2ccccc2OC1C(=O)c1ccccc1. The van der Waals surface area contributed by atoms with E-state index in [1.807, 2.05) is 61.5 Å². The van der Waals surface area contributed by atoms with Gasteiger partial charge in [0, 0.05) is 17.0 Å². The van der Waals surface area contributed by atoms with E-state index in [-0.39, 0.29) is 11.7 Å². The summed E-state index contributed by atoms with van der Waals surface area (Å²) in [4.78, 5) is 12.4. The highest BCUT2D eigenvalue weighted by molar-refractivity contribution is 6.00. The van der Waals surface area contributed by atoms with E-state index in [1.54, 1.807) is 0 Å². The fraction of sp³-hybridized carbons (Fsp3) is 0.188. The van der Waals surface area contributed by atoms with Crippen molar-refractivity contribution < 1.29 is 9.53 Å². The van der Waals surface area contributed by atoms with Gasteiger partial charge < -0.3 is 4.74 Å². The molecule has 0 bridgehead atoms. The van der Waals surface area contributed by atoms with Crippen molar-refractivity contribution in [3.8, 4) is 5.75 Å². The maximum atomic E-state index is 12.4. The Morgan fingerprint density at radius 1 is 1.00 bits per heavy atom. The molecule has 3 rings (SSSR count). The number of carbonyl (C=O) groups excluding carboxylic acids is 1. The van der Waals surface area contributed by atoms with E-state index in [1.165, 1.54) is 0 Å². The van der Waals surface area contributed by atoms with Crippen molar-refractivity contribution in [1.29, 1.82) is 0 Å². The molecule has 0 fully saturated rings. The topological polar surface area (TPSA) is 26.3 Å². The molecule has 0 N–H and O–H groups in total. The van der Waals surface area contributed by atoms with Gasteiger partial charge in [0.2, 0.25) is 5.78 Å². The van der Waals surface area contributed by atoms with E-state index in [4.69, 9.17) is 4.74 Å². The monoisotopic (exact) mass is 238 g/mol. The molecular weight excluding hydrogens is 224 g/mol. The van der Waals surface area contributed by atoms with Crippen LogP contribution in [0.15, 0.2) is 54.6 Å². The molecule has 2 nitrogen and oxygen atoms in total. The van der Waals surface area contributed by atoms with Gasteiger partial charge in [-0.2, -0.15) is 0 Å². The smallest absolute Gasteiger partial charge is 0.203 e. The Morgan fingerprint density at radius 3 is 2.39 bits per heavy atom. The number of hydrogen-bond donors (Lipinski definition) is 0. The largest absolute Gasteiger partial charge is 0.481 e. The number of ketones is 1. The molecule has 1 aliphatic heterocycles. The van der Waals surface area contributed by atoms with Crippen LogP contribution in [-0.4, -0.2) is 11.9 Å². The molecule has 1 aliphatic rings. The number of ether oxygens (including phenoxy) is 1. The van der Waals surface area contributed by atoms with E-state index < -0.39 is 6.10 Å². The highest BCUT2D eigenvalue weighted by atomic mass is 16.5. The highest BCUT2D eigenvalue weighted by Crippen LogP contribution is 2.38. The van der Waals surface area contributed by atoms with Crippen molar-refractivity contribution in [3.05, 3.63) is 65.7 Å². The van der Waals surface area contributed by atoms with Gasteiger partial charge in [-0.15, -0.1) is 0 Å². The van der Waals surface area contributed by atoms with E-state index in [0.29, 0.717) is 5.56 Å². The van der Waals surface area contributed by atoms with Gasteiger partial charge in [-0.25, -0.2) is 0 Å². The van der Waals surface area contributed by atoms with Crippen molar-refractivity contribution in [3.63, 3.8) is 0 Å². The lowest BCUT2D eigenvalue weighted by molar-refractivity contribution is 0.0799. The minimum atomic E-state index is -0.398. The molecule has 1 heterocycles. The van der Waals surface area contributed by atoms with Crippen LogP contribution in [0.1, 0.15) is 28.8 Å². The molecule has 2 heteroatoms. The van der Waals surface area contributed by atoms with E-state index in [0.717, 1.165) is 11.3 Å². The van der Waals surface area contributed by atoms with Gasteiger partial charge in [0.1, 0.15) is 5.75 Å². The average Bonchev–Trinajstić information content (AvgIpc) is 2.77. The van der Waals surface area contributed by atoms with Gasteiger partial charge >= 0.3 is 0 Å². The Kier molecular flexibility index (Phi) is 2.63. The first kappa shape index (κ1) is 11.0. The number of hydrogen-bond acceptors (Lipinski definition) is 2. The molecule has 0 amide bonds. The van der Waals surface area contributed by atoms with Crippen LogP contribution in [0, 0.1) is 0 Å². The number of Topliss-reactive ketones (excluding diaryl/α,β-unsaturated/α-hetero) is 1. The minimum absolute atomic E-state index is 0.0549. The summed E-state index contributed by atoms with van der Waals surface area (Å²) in [6.07, 6.45) is -0.398. The lowest BCUT2D eigenvalue weighted by atomic mass is 9.92. The second-order valence-electron chi connectivity index (χ2n) is 4.60. The molecule has 2 atom stereocenters. The maximum Gasteiger partial charge on any atom is 0.203 e. The quantitative estimate of drug-likeness (QED) is 0.749. The number of carbonyl (C=O) groups is 1. The van der Waals surface area contributed by atoms with Gasteiger partial charge in [-0.1, -0.05) is 55.5 Å². The molecule has 0 aliphatic carbocycles. The second-order valence-corrected chi connectivity index (χ2v) is 4.60. The zero-order valence-corrected chi connectivity index (χ0v) is 10.2. The molecule has 18 heavy (non-hydrogen) atoms. The van der Waals surface area contributed by atoms with Crippen molar-refractivity contribution in [1.82, 2.24) is 0 Å². The van der Waals surface area contributed by atoms with E-state index in [9.17, 15) is 4.79 Å². The summed E-state index contributed by atoms with van der Waals surface area (Å²) in [5, 5.41) is 0. The summed E-state index contributed by atoms with van der Waals surface area (Å²) in [6.45, 7) is 2.04. The molecular formula is C16H14O2. The minimum Gasteiger partial charge on any atom is -0.481 e. The molecule has 0 saturated heterocycles. The van der Waals surface area contributed by atoms with E-state index >= 15 is 0 Å². The number of rotatable bonds is 2. The third-order valence-electron chi connectivity index (χ3n) is 3.43. The van der Waals surface area contributed by atoms with Crippen LogP contribution in [-0.2, 0) is 0 Å². The Labute approximate surface area is 106 Å².